The Kier molecular flexibility index (Phi) is 5.53. The summed E-state index contributed by atoms with van der Waals surface area (Å²) in [6, 6.07) is 9.85. The highest BCUT2D eigenvalue weighted by Crippen LogP contribution is 2.25. The molecule has 0 radical (unpaired) electrons. The summed E-state index contributed by atoms with van der Waals surface area (Å²) in [7, 11) is -3.67. The number of sulfonamides is 1. The lowest BCUT2D eigenvalue weighted by Gasteiger charge is -2.19. The molecule has 0 amide bonds. The number of thiophene rings is 1. The summed E-state index contributed by atoms with van der Waals surface area (Å²) >= 11 is 7.32. The molecular weight excluding hydrogens is 382 g/mol. The van der Waals surface area contributed by atoms with Crippen LogP contribution in [0.5, 0.6) is 0 Å². The minimum atomic E-state index is -3.67. The number of rotatable bonds is 7. The van der Waals surface area contributed by atoms with Crippen molar-refractivity contribution >= 4 is 33.0 Å². The van der Waals surface area contributed by atoms with Gasteiger partial charge in [0.2, 0.25) is 15.9 Å². The Morgan fingerprint density at radius 1 is 1.20 bits per heavy atom. The standard InChI is InChI=1S/C16H16ClN3O3S2/c1-2-9-20(25(21,22)13-7-5-12(17)6-8-13)11-15-18-19-16(23-15)14-4-3-10-24-14/h3-8,10H,2,9,11H2,1H3. The van der Waals surface area contributed by atoms with Crippen molar-refractivity contribution in [2.24, 2.45) is 0 Å². The van der Waals surface area contributed by atoms with E-state index in [-0.39, 0.29) is 17.3 Å². The van der Waals surface area contributed by atoms with Crippen molar-refractivity contribution in [3.63, 3.8) is 0 Å². The van der Waals surface area contributed by atoms with Crippen molar-refractivity contribution in [3.8, 4) is 10.8 Å². The fraction of sp³-hybridized carbons (Fsp3) is 0.250. The van der Waals surface area contributed by atoms with Crippen LogP contribution in [0.1, 0.15) is 19.2 Å². The van der Waals surface area contributed by atoms with E-state index in [1.807, 2.05) is 24.4 Å². The van der Waals surface area contributed by atoms with Gasteiger partial charge in [-0.3, -0.25) is 0 Å². The Hall–Kier alpha value is -1.74. The SMILES string of the molecule is CCCN(Cc1nnc(-c2cccs2)o1)S(=O)(=O)c1ccc(Cl)cc1. The van der Waals surface area contributed by atoms with E-state index in [2.05, 4.69) is 10.2 Å². The summed E-state index contributed by atoms with van der Waals surface area (Å²) in [6.45, 7) is 2.29. The molecule has 2 heterocycles. The third-order valence-electron chi connectivity index (χ3n) is 3.43. The quantitative estimate of drug-likeness (QED) is 0.601. The molecule has 0 fully saturated rings. The van der Waals surface area contributed by atoms with Gasteiger partial charge in [0.25, 0.3) is 5.89 Å². The van der Waals surface area contributed by atoms with Crippen LogP contribution < -0.4 is 0 Å². The molecule has 132 valence electrons. The Morgan fingerprint density at radius 2 is 1.96 bits per heavy atom. The number of hydrogen-bond donors (Lipinski definition) is 0. The topological polar surface area (TPSA) is 76.3 Å². The fourth-order valence-electron chi connectivity index (χ4n) is 2.26. The summed E-state index contributed by atoms with van der Waals surface area (Å²) < 4.78 is 32.7. The minimum Gasteiger partial charge on any atom is -0.418 e. The van der Waals surface area contributed by atoms with Crippen molar-refractivity contribution in [1.82, 2.24) is 14.5 Å². The smallest absolute Gasteiger partial charge is 0.257 e. The largest absolute Gasteiger partial charge is 0.418 e. The lowest BCUT2D eigenvalue weighted by molar-refractivity contribution is 0.357. The number of nitrogens with zero attached hydrogens (tertiary/aromatic N) is 3. The van der Waals surface area contributed by atoms with Gasteiger partial charge in [-0.25, -0.2) is 8.42 Å². The molecule has 0 spiro atoms. The predicted octanol–water partition coefficient (Wildman–Crippen LogP) is 4.05. The summed E-state index contributed by atoms with van der Waals surface area (Å²) in [5.74, 6) is 0.653. The molecule has 3 aromatic rings. The molecule has 0 aliphatic heterocycles. The fourth-order valence-corrected chi connectivity index (χ4v) is 4.51. The highest BCUT2D eigenvalue weighted by atomic mass is 35.5. The number of benzene rings is 1. The van der Waals surface area contributed by atoms with Gasteiger partial charge in [0.15, 0.2) is 0 Å². The molecule has 0 saturated heterocycles. The normalized spacial score (nSPS) is 12.0. The molecule has 0 aliphatic rings. The Morgan fingerprint density at radius 3 is 2.60 bits per heavy atom. The zero-order valence-electron chi connectivity index (χ0n) is 13.4. The lowest BCUT2D eigenvalue weighted by Crippen LogP contribution is -2.31. The van der Waals surface area contributed by atoms with Gasteiger partial charge in [-0.15, -0.1) is 21.5 Å². The van der Waals surface area contributed by atoms with Crippen molar-refractivity contribution < 1.29 is 12.8 Å². The number of hydrogen-bond acceptors (Lipinski definition) is 6. The molecule has 2 aromatic heterocycles. The van der Waals surface area contributed by atoms with E-state index in [1.165, 1.54) is 27.8 Å². The van der Waals surface area contributed by atoms with Gasteiger partial charge < -0.3 is 4.42 Å². The molecule has 0 aliphatic carbocycles. The van der Waals surface area contributed by atoms with Crippen LogP contribution in [0.25, 0.3) is 10.8 Å². The molecule has 0 N–H and O–H groups in total. The first-order valence-electron chi connectivity index (χ1n) is 7.62. The minimum absolute atomic E-state index is 0.0250. The summed E-state index contributed by atoms with van der Waals surface area (Å²) in [6.07, 6.45) is 0.665. The van der Waals surface area contributed by atoms with Crippen molar-refractivity contribution in [1.29, 1.82) is 0 Å². The average Bonchev–Trinajstić information content (AvgIpc) is 3.26. The van der Waals surface area contributed by atoms with Crippen LogP contribution in [0.3, 0.4) is 0 Å². The van der Waals surface area contributed by atoms with Crippen LogP contribution in [-0.2, 0) is 16.6 Å². The monoisotopic (exact) mass is 397 g/mol. The third kappa shape index (κ3) is 4.09. The number of aromatic nitrogens is 2. The van der Waals surface area contributed by atoms with Gasteiger partial charge in [0.1, 0.15) is 0 Å². The van der Waals surface area contributed by atoms with Crippen molar-refractivity contribution in [3.05, 3.63) is 52.7 Å². The van der Waals surface area contributed by atoms with E-state index in [1.54, 1.807) is 12.1 Å². The van der Waals surface area contributed by atoms with Crippen molar-refractivity contribution in [2.75, 3.05) is 6.54 Å². The van der Waals surface area contributed by atoms with Crippen LogP contribution in [-0.4, -0.2) is 29.5 Å². The highest BCUT2D eigenvalue weighted by Gasteiger charge is 2.26. The zero-order chi connectivity index (χ0) is 17.9. The first-order chi connectivity index (χ1) is 12.0. The van der Waals surface area contributed by atoms with E-state index in [9.17, 15) is 8.42 Å². The summed E-state index contributed by atoms with van der Waals surface area (Å²) in [4.78, 5) is 1.03. The molecule has 0 saturated carbocycles. The van der Waals surface area contributed by atoms with Crippen molar-refractivity contribution in [2.45, 2.75) is 24.8 Å². The van der Waals surface area contributed by atoms with E-state index in [0.717, 1.165) is 4.88 Å². The Bertz CT molecular complexity index is 922. The first kappa shape index (κ1) is 18.1. The molecular formula is C16H16ClN3O3S2. The van der Waals surface area contributed by atoms with E-state index < -0.39 is 10.0 Å². The molecule has 3 rings (SSSR count). The first-order valence-corrected chi connectivity index (χ1v) is 10.3. The van der Waals surface area contributed by atoms with Gasteiger partial charge in [0, 0.05) is 11.6 Å². The van der Waals surface area contributed by atoms with E-state index in [4.69, 9.17) is 16.0 Å². The summed E-state index contributed by atoms with van der Waals surface area (Å²) in [5, 5.41) is 10.4. The van der Waals surface area contributed by atoms with Gasteiger partial charge in [-0.1, -0.05) is 24.6 Å². The molecule has 0 bridgehead atoms. The van der Waals surface area contributed by atoms with Crippen LogP contribution in [0.15, 0.2) is 51.1 Å². The highest BCUT2D eigenvalue weighted by molar-refractivity contribution is 7.89. The molecule has 6 nitrogen and oxygen atoms in total. The molecule has 9 heteroatoms. The zero-order valence-corrected chi connectivity index (χ0v) is 15.8. The second kappa shape index (κ2) is 7.65. The van der Waals surface area contributed by atoms with Crippen LogP contribution in [0, 0.1) is 0 Å². The van der Waals surface area contributed by atoms with Crippen LogP contribution in [0.2, 0.25) is 5.02 Å². The van der Waals surface area contributed by atoms with Gasteiger partial charge in [-0.05, 0) is 42.1 Å². The second-order valence-corrected chi connectivity index (χ2v) is 8.59. The molecule has 0 atom stereocenters. The van der Waals surface area contributed by atoms with Gasteiger partial charge >= 0.3 is 0 Å². The maximum absolute atomic E-state index is 12.9. The molecule has 1 aromatic carbocycles. The third-order valence-corrected chi connectivity index (χ3v) is 6.40. The lowest BCUT2D eigenvalue weighted by atomic mass is 10.4. The molecule has 25 heavy (non-hydrogen) atoms. The second-order valence-electron chi connectivity index (χ2n) is 5.27. The van der Waals surface area contributed by atoms with E-state index >= 15 is 0 Å². The maximum Gasteiger partial charge on any atom is 0.257 e. The summed E-state index contributed by atoms with van der Waals surface area (Å²) in [5.41, 5.74) is 0. The number of halogens is 1. The van der Waals surface area contributed by atoms with E-state index in [0.29, 0.717) is 23.9 Å². The average molecular weight is 398 g/mol. The predicted molar refractivity (Wildman–Crippen MR) is 96.9 cm³/mol. The molecule has 0 unspecified atom stereocenters. The Labute approximate surface area is 155 Å². The van der Waals surface area contributed by atoms with Gasteiger partial charge in [0.05, 0.1) is 16.3 Å². The van der Waals surface area contributed by atoms with Crippen LogP contribution >= 0.6 is 22.9 Å². The van der Waals surface area contributed by atoms with Gasteiger partial charge in [-0.2, -0.15) is 4.31 Å². The maximum atomic E-state index is 12.9. The Balaban J connectivity index is 1.85. The van der Waals surface area contributed by atoms with Crippen LogP contribution in [0.4, 0.5) is 0 Å².